The highest BCUT2D eigenvalue weighted by Gasteiger charge is 2.82. The average molecular weight is 262 g/mol. The Balaban J connectivity index is 2.19. The van der Waals surface area contributed by atoms with Crippen LogP contribution in [0.25, 0.3) is 0 Å². The molecule has 0 aromatic heterocycles. The Morgan fingerprint density at radius 1 is 1.18 bits per heavy atom. The molecule has 2 atom stereocenters. The Labute approximate surface area is 104 Å². The number of alkyl halides is 2. The Kier molecular flexibility index (Phi) is 2.80. The van der Waals surface area contributed by atoms with Gasteiger partial charge >= 0.3 is 0 Å². The summed E-state index contributed by atoms with van der Waals surface area (Å²) in [4.78, 5) is 0. The number of fused-ring (bicyclic) bond motifs is 1. The molecule has 2 unspecified atom stereocenters. The van der Waals surface area contributed by atoms with Gasteiger partial charge in [-0.15, -0.1) is 0 Å². The minimum absolute atomic E-state index is 0.00240. The minimum atomic E-state index is -2.57. The molecule has 100 valence electrons. The number of hydrogen-bond donors (Lipinski definition) is 0. The van der Waals surface area contributed by atoms with E-state index in [1.807, 2.05) is 0 Å². The zero-order valence-electron chi connectivity index (χ0n) is 11.6. The van der Waals surface area contributed by atoms with E-state index in [1.165, 1.54) is 0 Å². The molecule has 0 aliphatic heterocycles. The first-order chi connectivity index (χ1) is 7.55. The summed E-state index contributed by atoms with van der Waals surface area (Å²) in [6.45, 7) is 10.5. The van der Waals surface area contributed by atoms with E-state index >= 15 is 0 Å². The van der Waals surface area contributed by atoms with Crippen LogP contribution in [-0.2, 0) is 4.43 Å². The van der Waals surface area contributed by atoms with Gasteiger partial charge in [0.15, 0.2) is 8.32 Å². The van der Waals surface area contributed by atoms with Crippen LogP contribution in [0, 0.1) is 5.92 Å². The van der Waals surface area contributed by atoms with Crippen LogP contribution in [0.5, 0.6) is 0 Å². The van der Waals surface area contributed by atoms with Crippen molar-refractivity contribution < 1.29 is 13.2 Å². The van der Waals surface area contributed by atoms with Gasteiger partial charge in [-0.05, 0) is 31.0 Å². The molecule has 2 fully saturated rings. The van der Waals surface area contributed by atoms with Gasteiger partial charge in [-0.1, -0.05) is 33.6 Å². The molecule has 0 saturated heterocycles. The lowest BCUT2D eigenvalue weighted by Crippen LogP contribution is -2.47. The topological polar surface area (TPSA) is 9.23 Å². The van der Waals surface area contributed by atoms with Crippen molar-refractivity contribution >= 4 is 8.32 Å². The van der Waals surface area contributed by atoms with Crippen LogP contribution in [0.3, 0.4) is 0 Å². The Bertz CT molecular complexity index is 322. The molecule has 2 aliphatic rings. The second kappa shape index (κ2) is 3.53. The van der Waals surface area contributed by atoms with E-state index in [4.69, 9.17) is 4.43 Å². The highest BCUT2D eigenvalue weighted by molar-refractivity contribution is 6.74. The molecule has 2 rings (SSSR count). The molecule has 0 spiro atoms. The van der Waals surface area contributed by atoms with Crippen LogP contribution in [0.1, 0.15) is 46.5 Å². The minimum Gasteiger partial charge on any atom is -0.405 e. The summed E-state index contributed by atoms with van der Waals surface area (Å²) in [6.07, 6.45) is 3.02. The van der Waals surface area contributed by atoms with Crippen LogP contribution in [-0.4, -0.2) is 19.8 Å². The van der Waals surface area contributed by atoms with Crippen LogP contribution in [0.15, 0.2) is 0 Å². The maximum absolute atomic E-state index is 14.0. The van der Waals surface area contributed by atoms with Crippen molar-refractivity contribution in [2.24, 2.45) is 5.92 Å². The van der Waals surface area contributed by atoms with Crippen molar-refractivity contribution in [3.63, 3.8) is 0 Å². The van der Waals surface area contributed by atoms with E-state index in [-0.39, 0.29) is 5.04 Å². The Morgan fingerprint density at radius 3 is 2.24 bits per heavy atom. The van der Waals surface area contributed by atoms with Gasteiger partial charge in [0.2, 0.25) is 0 Å². The summed E-state index contributed by atoms with van der Waals surface area (Å²) >= 11 is 0. The lowest BCUT2D eigenvalue weighted by Gasteiger charge is -2.40. The van der Waals surface area contributed by atoms with E-state index < -0.39 is 25.8 Å². The predicted octanol–water partition coefficient (Wildman–Crippen LogP) is 4.59. The highest BCUT2D eigenvalue weighted by Crippen LogP contribution is 2.69. The summed E-state index contributed by atoms with van der Waals surface area (Å²) in [6, 6.07) is 0. The summed E-state index contributed by atoms with van der Waals surface area (Å²) in [5.41, 5.74) is -1.09. The zero-order chi connectivity index (χ0) is 13.1. The number of halogens is 2. The highest BCUT2D eigenvalue weighted by atomic mass is 28.4. The van der Waals surface area contributed by atoms with E-state index in [0.717, 1.165) is 12.8 Å². The molecular formula is C13H24F2OSi. The third kappa shape index (κ3) is 1.79. The molecule has 4 heteroatoms. The van der Waals surface area contributed by atoms with Gasteiger partial charge in [-0.2, -0.15) is 0 Å². The van der Waals surface area contributed by atoms with Gasteiger partial charge in [-0.3, -0.25) is 0 Å². The summed E-state index contributed by atoms with van der Waals surface area (Å²) in [7, 11) is -2.09. The molecule has 1 nitrogen and oxygen atoms in total. The quantitative estimate of drug-likeness (QED) is 0.662. The van der Waals surface area contributed by atoms with Gasteiger partial charge in [0, 0.05) is 0 Å². The van der Waals surface area contributed by atoms with Crippen molar-refractivity contribution in [1.29, 1.82) is 0 Å². The van der Waals surface area contributed by atoms with Gasteiger partial charge in [0.1, 0.15) is 5.60 Å². The van der Waals surface area contributed by atoms with Crippen molar-refractivity contribution in [3.8, 4) is 0 Å². The van der Waals surface area contributed by atoms with Crippen molar-refractivity contribution in [2.75, 3.05) is 0 Å². The molecule has 2 saturated carbocycles. The van der Waals surface area contributed by atoms with Gasteiger partial charge < -0.3 is 4.43 Å². The van der Waals surface area contributed by atoms with Gasteiger partial charge in [-0.25, -0.2) is 8.78 Å². The van der Waals surface area contributed by atoms with Crippen molar-refractivity contribution in [3.05, 3.63) is 0 Å². The predicted molar refractivity (Wildman–Crippen MR) is 67.9 cm³/mol. The number of rotatable bonds is 2. The van der Waals surface area contributed by atoms with E-state index in [2.05, 4.69) is 33.9 Å². The maximum atomic E-state index is 14.0. The Hall–Kier alpha value is 0.0369. The molecule has 0 bridgehead atoms. The van der Waals surface area contributed by atoms with E-state index in [9.17, 15) is 8.78 Å². The Morgan fingerprint density at radius 2 is 1.76 bits per heavy atom. The summed E-state index contributed by atoms with van der Waals surface area (Å²) < 4.78 is 34.1. The van der Waals surface area contributed by atoms with E-state index in [1.54, 1.807) is 0 Å². The first-order valence-electron chi connectivity index (χ1n) is 6.63. The standard InChI is InChI=1S/C13H24F2OSi/c1-11(2,3)17(4,5)16-12-9-7-6-8-10(12)13(12,14)15/h10H,6-9H2,1-5H3. The smallest absolute Gasteiger partial charge is 0.281 e. The van der Waals surface area contributed by atoms with Crippen LogP contribution < -0.4 is 0 Å². The van der Waals surface area contributed by atoms with Gasteiger partial charge in [0.25, 0.3) is 5.92 Å². The zero-order valence-corrected chi connectivity index (χ0v) is 12.6. The van der Waals surface area contributed by atoms with Crippen LogP contribution in [0.2, 0.25) is 18.1 Å². The molecule has 0 N–H and O–H groups in total. The molecule has 0 aromatic carbocycles. The molecule has 17 heavy (non-hydrogen) atoms. The first kappa shape index (κ1) is 13.5. The third-order valence-corrected chi connectivity index (χ3v) is 9.50. The molecule has 0 radical (unpaired) electrons. The lowest BCUT2D eigenvalue weighted by molar-refractivity contribution is -0.00205. The summed E-state index contributed by atoms with van der Waals surface area (Å²) in [5, 5.41) is 0.00240. The molecular weight excluding hydrogens is 238 g/mol. The molecule has 0 aromatic rings. The fraction of sp³-hybridized carbons (Fsp3) is 1.00. The average Bonchev–Trinajstić information content (AvgIpc) is 2.61. The van der Waals surface area contributed by atoms with E-state index in [0.29, 0.717) is 12.8 Å². The normalized spacial score (nSPS) is 36.5. The second-order valence-corrected chi connectivity index (χ2v) is 11.9. The largest absolute Gasteiger partial charge is 0.405 e. The molecule has 2 aliphatic carbocycles. The lowest BCUT2D eigenvalue weighted by atomic mass is 9.98. The second-order valence-electron chi connectivity index (χ2n) is 7.17. The fourth-order valence-corrected chi connectivity index (χ4v) is 4.39. The van der Waals surface area contributed by atoms with Gasteiger partial charge in [0.05, 0.1) is 5.92 Å². The fourth-order valence-electron chi connectivity index (χ4n) is 2.80. The molecule has 0 amide bonds. The monoisotopic (exact) mass is 262 g/mol. The third-order valence-electron chi connectivity index (χ3n) is 5.02. The van der Waals surface area contributed by atoms with Crippen LogP contribution in [0.4, 0.5) is 8.78 Å². The first-order valence-corrected chi connectivity index (χ1v) is 9.53. The van der Waals surface area contributed by atoms with Crippen molar-refractivity contribution in [1.82, 2.24) is 0 Å². The molecule has 0 heterocycles. The van der Waals surface area contributed by atoms with Crippen LogP contribution >= 0.6 is 0 Å². The van der Waals surface area contributed by atoms with Crippen molar-refractivity contribution in [2.45, 2.75) is 76.1 Å². The number of hydrogen-bond acceptors (Lipinski definition) is 1. The maximum Gasteiger partial charge on any atom is 0.281 e. The summed E-state index contributed by atoms with van der Waals surface area (Å²) in [5.74, 6) is -3.07. The SMILES string of the molecule is CC(C)(C)[Si](C)(C)OC12CCCCC1C2(F)F.